The Labute approximate surface area is 151 Å². The monoisotopic (exact) mass is 366 g/mol. The summed E-state index contributed by atoms with van der Waals surface area (Å²) in [7, 11) is 0. The van der Waals surface area contributed by atoms with Crippen molar-refractivity contribution in [1.82, 2.24) is 30.2 Å². The van der Waals surface area contributed by atoms with E-state index in [0.29, 0.717) is 17.0 Å². The average molecular weight is 366 g/mol. The van der Waals surface area contributed by atoms with Crippen LogP contribution in [0.15, 0.2) is 21.7 Å². The molecule has 136 valence electrons. The second-order valence-corrected chi connectivity index (χ2v) is 6.34. The first kappa shape index (κ1) is 16.8. The van der Waals surface area contributed by atoms with Gasteiger partial charge >= 0.3 is 0 Å². The summed E-state index contributed by atoms with van der Waals surface area (Å²) in [6, 6.07) is 2.60. The molecule has 0 bridgehead atoms. The topological polar surface area (TPSA) is 143 Å². The van der Waals surface area contributed by atoms with Crippen molar-refractivity contribution < 1.29 is 9.59 Å². The summed E-state index contributed by atoms with van der Waals surface area (Å²) in [5, 5.41) is 13.4. The third-order valence-corrected chi connectivity index (χ3v) is 4.59. The van der Waals surface area contributed by atoms with Crippen LogP contribution in [0.2, 0.25) is 0 Å². The Morgan fingerprint density at radius 1 is 1.00 bits per heavy atom. The molecule has 4 rings (SSSR count). The first-order valence-electron chi connectivity index (χ1n) is 8.18. The van der Waals surface area contributed by atoms with Crippen molar-refractivity contribution in [3.05, 3.63) is 72.3 Å². The quantitative estimate of drug-likeness (QED) is 0.506. The molecule has 0 fully saturated rings. The van der Waals surface area contributed by atoms with Crippen LogP contribution in [0.25, 0.3) is 0 Å². The van der Waals surface area contributed by atoms with Gasteiger partial charge in [0.25, 0.3) is 5.56 Å². The number of carbonyl (C=O) groups is 2. The zero-order valence-corrected chi connectivity index (χ0v) is 14.5. The highest BCUT2D eigenvalue weighted by Crippen LogP contribution is 2.28. The number of aromatic amines is 2. The normalized spacial score (nSPS) is 12.8. The highest BCUT2D eigenvalue weighted by atomic mass is 16.2. The van der Waals surface area contributed by atoms with Crippen LogP contribution in [0.5, 0.6) is 0 Å². The zero-order valence-electron chi connectivity index (χ0n) is 14.5. The summed E-state index contributed by atoms with van der Waals surface area (Å²) < 4.78 is 1.22. The van der Waals surface area contributed by atoms with Crippen LogP contribution in [0.3, 0.4) is 0 Å². The van der Waals surface area contributed by atoms with Gasteiger partial charge in [0.05, 0.1) is 11.1 Å². The molecule has 0 atom stereocenters. The Kier molecular flexibility index (Phi) is 3.69. The third kappa shape index (κ3) is 2.53. The molecule has 0 radical (unpaired) electrons. The summed E-state index contributed by atoms with van der Waals surface area (Å²) >= 11 is 0. The van der Waals surface area contributed by atoms with Gasteiger partial charge in [0.2, 0.25) is 11.3 Å². The van der Waals surface area contributed by atoms with Gasteiger partial charge in [0, 0.05) is 25.1 Å². The first-order chi connectivity index (χ1) is 12.9. The van der Waals surface area contributed by atoms with Crippen LogP contribution >= 0.6 is 0 Å². The lowest BCUT2D eigenvalue weighted by Crippen LogP contribution is -2.36. The van der Waals surface area contributed by atoms with Crippen molar-refractivity contribution in [2.45, 2.75) is 26.8 Å². The fourth-order valence-electron chi connectivity index (χ4n) is 3.41. The van der Waals surface area contributed by atoms with Crippen molar-refractivity contribution in [1.29, 1.82) is 0 Å². The molecular weight excluding hydrogens is 352 g/mol. The molecule has 1 aliphatic rings. The largest absolute Gasteiger partial charge is 0.318 e. The summed E-state index contributed by atoms with van der Waals surface area (Å²) in [6.07, 6.45) is 0.241. The Morgan fingerprint density at radius 2 is 1.74 bits per heavy atom. The van der Waals surface area contributed by atoms with Crippen molar-refractivity contribution in [2.24, 2.45) is 0 Å². The van der Waals surface area contributed by atoms with Gasteiger partial charge in [-0.05, 0) is 25.0 Å². The van der Waals surface area contributed by atoms with E-state index in [-0.39, 0.29) is 41.3 Å². The summed E-state index contributed by atoms with van der Waals surface area (Å²) in [4.78, 5) is 53.0. The second kappa shape index (κ2) is 5.94. The summed E-state index contributed by atoms with van der Waals surface area (Å²) in [6.45, 7) is 3.30. The number of aromatic nitrogens is 6. The van der Waals surface area contributed by atoms with Crippen molar-refractivity contribution in [3.8, 4) is 0 Å². The van der Waals surface area contributed by atoms with E-state index in [2.05, 4.69) is 25.6 Å². The number of ketones is 2. The van der Waals surface area contributed by atoms with Crippen molar-refractivity contribution in [2.75, 3.05) is 0 Å². The lowest BCUT2D eigenvalue weighted by molar-refractivity contribution is 0.0965. The third-order valence-electron chi connectivity index (χ3n) is 4.59. The van der Waals surface area contributed by atoms with Crippen molar-refractivity contribution in [3.63, 3.8) is 0 Å². The Balaban J connectivity index is 1.93. The number of aryl methyl sites for hydroxylation is 3. The number of pyridine rings is 2. The predicted octanol–water partition coefficient (Wildman–Crippen LogP) is -0.315. The maximum absolute atomic E-state index is 13.1. The Bertz CT molecular complexity index is 1220. The van der Waals surface area contributed by atoms with Gasteiger partial charge in [-0.3, -0.25) is 19.2 Å². The minimum atomic E-state index is -0.561. The number of nitrogens with zero attached hydrogens (tertiary/aromatic N) is 4. The zero-order chi connectivity index (χ0) is 19.3. The SMILES string of the molecule is Cc1cc(=O)[nH]c2c1C(=O)c1c(C)cc(=O)n(CCc3nn[nH]n3)c1C2=O. The number of nitrogens with one attached hydrogen (secondary N) is 2. The molecule has 0 unspecified atom stereocenters. The van der Waals surface area contributed by atoms with Gasteiger partial charge in [0.15, 0.2) is 11.6 Å². The van der Waals surface area contributed by atoms with E-state index in [1.54, 1.807) is 13.8 Å². The minimum absolute atomic E-state index is 0.0257. The molecule has 27 heavy (non-hydrogen) atoms. The van der Waals surface area contributed by atoms with E-state index in [9.17, 15) is 19.2 Å². The number of rotatable bonds is 3. The van der Waals surface area contributed by atoms with E-state index >= 15 is 0 Å². The predicted molar refractivity (Wildman–Crippen MR) is 92.0 cm³/mol. The summed E-state index contributed by atoms with van der Waals surface area (Å²) in [5.41, 5.74) is 0.160. The van der Waals surface area contributed by atoms with E-state index < -0.39 is 16.9 Å². The van der Waals surface area contributed by atoms with E-state index in [1.807, 2.05) is 0 Å². The smallest absolute Gasteiger partial charge is 0.251 e. The van der Waals surface area contributed by atoms with Gasteiger partial charge in [-0.25, -0.2) is 0 Å². The molecule has 10 nitrogen and oxygen atoms in total. The molecule has 2 N–H and O–H groups in total. The molecule has 3 aromatic rings. The van der Waals surface area contributed by atoms with Crippen LogP contribution in [0.1, 0.15) is 49.1 Å². The van der Waals surface area contributed by atoms with Crippen LogP contribution in [0.4, 0.5) is 0 Å². The van der Waals surface area contributed by atoms with Crippen LogP contribution in [0, 0.1) is 13.8 Å². The minimum Gasteiger partial charge on any atom is -0.318 e. The highest BCUT2D eigenvalue weighted by molar-refractivity contribution is 6.27. The molecule has 0 saturated carbocycles. The van der Waals surface area contributed by atoms with Gasteiger partial charge in [-0.1, -0.05) is 5.21 Å². The summed E-state index contributed by atoms with van der Waals surface area (Å²) in [5.74, 6) is -0.580. The lowest BCUT2D eigenvalue weighted by Gasteiger charge is -2.23. The lowest BCUT2D eigenvalue weighted by atomic mass is 9.85. The molecular formula is C17H14N6O4. The molecule has 0 aliphatic heterocycles. The maximum atomic E-state index is 13.1. The molecule has 3 heterocycles. The number of fused-ring (bicyclic) bond motifs is 2. The number of carbonyl (C=O) groups excluding carboxylic acids is 2. The molecule has 10 heteroatoms. The molecule has 0 spiro atoms. The second-order valence-electron chi connectivity index (χ2n) is 6.34. The van der Waals surface area contributed by atoms with Gasteiger partial charge in [-0.2, -0.15) is 5.21 Å². The first-order valence-corrected chi connectivity index (χ1v) is 8.18. The average Bonchev–Trinajstić information content (AvgIpc) is 3.11. The fraction of sp³-hybridized carbons (Fsp3) is 0.235. The number of hydrogen-bond acceptors (Lipinski definition) is 7. The fourth-order valence-corrected chi connectivity index (χ4v) is 3.41. The molecule has 0 saturated heterocycles. The van der Waals surface area contributed by atoms with Crippen molar-refractivity contribution >= 4 is 11.6 Å². The number of tetrazole rings is 1. The van der Waals surface area contributed by atoms with E-state index in [0.717, 1.165) is 0 Å². The number of H-pyrrole nitrogens is 2. The van der Waals surface area contributed by atoms with Gasteiger partial charge < -0.3 is 9.55 Å². The van der Waals surface area contributed by atoms with E-state index in [1.165, 1.54) is 16.7 Å². The Hall–Kier alpha value is -3.69. The molecule has 3 aromatic heterocycles. The molecule has 1 aliphatic carbocycles. The van der Waals surface area contributed by atoms with Crippen LogP contribution < -0.4 is 11.1 Å². The van der Waals surface area contributed by atoms with Gasteiger partial charge in [0.1, 0.15) is 11.4 Å². The molecule has 0 amide bonds. The maximum Gasteiger partial charge on any atom is 0.251 e. The van der Waals surface area contributed by atoms with Crippen LogP contribution in [-0.2, 0) is 13.0 Å². The highest BCUT2D eigenvalue weighted by Gasteiger charge is 2.36. The molecule has 0 aromatic carbocycles. The standard InChI is InChI=1S/C17H14N6O4/c1-7-5-10(24)18-14-12(7)16(26)13-8(2)6-11(25)23(15(13)17(14)27)4-3-9-19-21-22-20-9/h5-6H,3-4H2,1-2H3,(H,18,24)(H,19,20,21,22). The van der Waals surface area contributed by atoms with Gasteiger partial charge in [-0.15, -0.1) is 10.2 Å². The van der Waals surface area contributed by atoms with Crippen LogP contribution in [-0.4, -0.2) is 41.7 Å². The number of hydrogen-bond donors (Lipinski definition) is 2. The van der Waals surface area contributed by atoms with E-state index in [4.69, 9.17) is 0 Å². The Morgan fingerprint density at radius 3 is 2.44 bits per heavy atom.